The van der Waals surface area contributed by atoms with Gasteiger partial charge in [-0.2, -0.15) is 10.4 Å². The van der Waals surface area contributed by atoms with Gasteiger partial charge in [-0.05, 0) is 26.7 Å². The standard InChI is InChI=1S/C16H20N6OS/c1-9-12(8-17)14(22(3)21-9)19-20-15(23)13-10(2)18-16(24-13)11-6-4-5-7-11/h11,19H,4-7H2,1-3H3,(H,20,23). The van der Waals surface area contributed by atoms with Crippen LogP contribution in [0.4, 0.5) is 5.82 Å². The van der Waals surface area contributed by atoms with Crippen molar-refractivity contribution in [1.29, 1.82) is 5.26 Å². The van der Waals surface area contributed by atoms with Crippen LogP contribution < -0.4 is 10.9 Å². The summed E-state index contributed by atoms with van der Waals surface area (Å²) in [4.78, 5) is 17.7. The largest absolute Gasteiger partial charge is 0.281 e. The molecule has 3 rings (SSSR count). The Morgan fingerprint density at radius 1 is 1.33 bits per heavy atom. The molecule has 0 aromatic carbocycles. The van der Waals surface area contributed by atoms with Crippen molar-refractivity contribution in [2.45, 2.75) is 45.4 Å². The number of carbonyl (C=O) groups is 1. The van der Waals surface area contributed by atoms with Gasteiger partial charge in [0.2, 0.25) is 0 Å². The molecule has 1 aliphatic carbocycles. The first-order chi connectivity index (χ1) is 11.5. The molecule has 24 heavy (non-hydrogen) atoms. The Kier molecular flexibility index (Phi) is 4.53. The summed E-state index contributed by atoms with van der Waals surface area (Å²) in [5.74, 6) is 0.728. The molecule has 1 saturated carbocycles. The highest BCUT2D eigenvalue weighted by Crippen LogP contribution is 2.37. The fourth-order valence-corrected chi connectivity index (χ4v) is 4.21. The number of rotatable bonds is 4. The summed E-state index contributed by atoms with van der Waals surface area (Å²) in [5, 5.41) is 14.4. The highest BCUT2D eigenvalue weighted by Gasteiger charge is 2.24. The second kappa shape index (κ2) is 6.61. The zero-order valence-electron chi connectivity index (χ0n) is 14.0. The summed E-state index contributed by atoms with van der Waals surface area (Å²) in [5.41, 5.74) is 7.27. The molecule has 0 radical (unpaired) electrons. The van der Waals surface area contributed by atoms with E-state index in [-0.39, 0.29) is 5.91 Å². The average molecular weight is 344 g/mol. The molecule has 2 aromatic heterocycles. The topological polar surface area (TPSA) is 95.6 Å². The van der Waals surface area contributed by atoms with Gasteiger partial charge in [-0.25, -0.2) is 4.98 Å². The van der Waals surface area contributed by atoms with E-state index < -0.39 is 0 Å². The SMILES string of the molecule is Cc1nc(C2CCCC2)sc1C(=O)NNc1c(C#N)c(C)nn1C. The normalized spacial score (nSPS) is 14.6. The second-order valence-corrected chi connectivity index (χ2v) is 7.10. The third kappa shape index (κ3) is 2.99. The molecule has 0 saturated heterocycles. The Morgan fingerprint density at radius 2 is 2.04 bits per heavy atom. The third-order valence-electron chi connectivity index (χ3n) is 4.35. The first-order valence-electron chi connectivity index (χ1n) is 7.98. The van der Waals surface area contributed by atoms with E-state index in [0.717, 1.165) is 23.5 Å². The van der Waals surface area contributed by atoms with E-state index in [2.05, 4.69) is 27.0 Å². The van der Waals surface area contributed by atoms with Gasteiger partial charge in [0.25, 0.3) is 5.91 Å². The molecular weight excluding hydrogens is 324 g/mol. The minimum Gasteiger partial charge on any atom is -0.281 e. The fraction of sp³-hybridized carbons (Fsp3) is 0.500. The molecule has 2 aromatic rings. The molecule has 0 bridgehead atoms. The van der Waals surface area contributed by atoms with Gasteiger partial charge in [0.1, 0.15) is 16.5 Å². The van der Waals surface area contributed by atoms with Gasteiger partial charge in [0, 0.05) is 13.0 Å². The predicted octanol–water partition coefficient (Wildman–Crippen LogP) is 2.78. The van der Waals surface area contributed by atoms with Gasteiger partial charge in [-0.3, -0.25) is 20.3 Å². The Labute approximate surface area is 144 Å². The van der Waals surface area contributed by atoms with Crippen LogP contribution in [0.2, 0.25) is 0 Å². The molecule has 7 nitrogen and oxygen atoms in total. The predicted molar refractivity (Wildman–Crippen MR) is 91.8 cm³/mol. The first kappa shape index (κ1) is 16.5. The molecule has 1 amide bonds. The summed E-state index contributed by atoms with van der Waals surface area (Å²) in [7, 11) is 1.72. The quantitative estimate of drug-likeness (QED) is 0.832. The number of anilines is 1. The summed E-state index contributed by atoms with van der Waals surface area (Å²) >= 11 is 1.47. The summed E-state index contributed by atoms with van der Waals surface area (Å²) < 4.78 is 1.54. The minimum absolute atomic E-state index is 0.239. The Morgan fingerprint density at radius 3 is 2.71 bits per heavy atom. The Hall–Kier alpha value is -2.40. The molecule has 1 aliphatic rings. The lowest BCUT2D eigenvalue weighted by molar-refractivity contribution is 0.0965. The second-order valence-electron chi connectivity index (χ2n) is 6.07. The van der Waals surface area contributed by atoms with Crippen molar-refractivity contribution >= 4 is 23.1 Å². The molecule has 8 heteroatoms. The van der Waals surface area contributed by atoms with E-state index in [1.165, 1.54) is 28.9 Å². The number of hydrogen-bond acceptors (Lipinski definition) is 6. The van der Waals surface area contributed by atoms with Crippen molar-refractivity contribution < 1.29 is 4.79 Å². The van der Waals surface area contributed by atoms with Crippen LogP contribution in [0.1, 0.15) is 63.2 Å². The van der Waals surface area contributed by atoms with Gasteiger partial charge in [0.05, 0.1) is 16.4 Å². The van der Waals surface area contributed by atoms with Crippen LogP contribution >= 0.6 is 11.3 Å². The lowest BCUT2D eigenvalue weighted by Gasteiger charge is -2.08. The molecule has 0 aliphatic heterocycles. The van der Waals surface area contributed by atoms with Crippen LogP contribution in [0.5, 0.6) is 0 Å². The van der Waals surface area contributed by atoms with Crippen LogP contribution in [-0.2, 0) is 7.05 Å². The van der Waals surface area contributed by atoms with E-state index in [1.807, 2.05) is 6.92 Å². The van der Waals surface area contributed by atoms with E-state index in [0.29, 0.717) is 27.9 Å². The molecule has 0 unspecified atom stereocenters. The molecule has 0 spiro atoms. The van der Waals surface area contributed by atoms with Crippen molar-refractivity contribution in [3.8, 4) is 6.07 Å². The van der Waals surface area contributed by atoms with E-state index in [9.17, 15) is 10.1 Å². The maximum atomic E-state index is 12.5. The Bertz CT molecular complexity index is 809. The summed E-state index contributed by atoms with van der Waals surface area (Å²) in [6, 6.07) is 2.09. The maximum Gasteiger partial charge on any atom is 0.281 e. The number of amides is 1. The molecule has 126 valence electrons. The van der Waals surface area contributed by atoms with Gasteiger partial charge in [-0.15, -0.1) is 11.3 Å². The number of aryl methyl sites for hydroxylation is 3. The van der Waals surface area contributed by atoms with Crippen molar-refractivity contribution in [3.05, 3.63) is 26.8 Å². The van der Waals surface area contributed by atoms with Crippen LogP contribution in [-0.4, -0.2) is 20.7 Å². The molecule has 2 heterocycles. The molecular formula is C16H20N6OS. The van der Waals surface area contributed by atoms with Gasteiger partial charge in [-0.1, -0.05) is 12.8 Å². The van der Waals surface area contributed by atoms with Crippen molar-refractivity contribution in [2.75, 3.05) is 5.43 Å². The average Bonchev–Trinajstić information content (AvgIpc) is 3.24. The number of nitriles is 1. The van der Waals surface area contributed by atoms with Crippen molar-refractivity contribution in [2.24, 2.45) is 7.05 Å². The first-order valence-corrected chi connectivity index (χ1v) is 8.80. The highest BCUT2D eigenvalue weighted by molar-refractivity contribution is 7.13. The van der Waals surface area contributed by atoms with E-state index in [4.69, 9.17) is 0 Å². The minimum atomic E-state index is -0.239. The van der Waals surface area contributed by atoms with Crippen LogP contribution in [0.15, 0.2) is 0 Å². The number of carbonyl (C=O) groups excluding carboxylic acids is 1. The Balaban J connectivity index is 1.73. The van der Waals surface area contributed by atoms with Gasteiger partial charge in [0.15, 0.2) is 5.82 Å². The van der Waals surface area contributed by atoms with Gasteiger partial charge >= 0.3 is 0 Å². The number of nitrogens with one attached hydrogen (secondary N) is 2. The number of aromatic nitrogens is 3. The van der Waals surface area contributed by atoms with Gasteiger partial charge < -0.3 is 0 Å². The molecule has 0 atom stereocenters. The lowest BCUT2D eigenvalue weighted by Crippen LogP contribution is -2.30. The summed E-state index contributed by atoms with van der Waals surface area (Å²) in [6.45, 7) is 3.62. The van der Waals surface area contributed by atoms with E-state index in [1.54, 1.807) is 14.0 Å². The molecule has 2 N–H and O–H groups in total. The van der Waals surface area contributed by atoms with Crippen LogP contribution in [0.3, 0.4) is 0 Å². The smallest absolute Gasteiger partial charge is 0.281 e. The zero-order chi connectivity index (χ0) is 17.3. The van der Waals surface area contributed by atoms with Crippen LogP contribution in [0, 0.1) is 25.2 Å². The van der Waals surface area contributed by atoms with E-state index >= 15 is 0 Å². The maximum absolute atomic E-state index is 12.5. The zero-order valence-corrected chi connectivity index (χ0v) is 14.8. The van der Waals surface area contributed by atoms with Crippen molar-refractivity contribution in [3.63, 3.8) is 0 Å². The number of hydrogen-bond donors (Lipinski definition) is 2. The third-order valence-corrected chi connectivity index (χ3v) is 5.67. The fourth-order valence-electron chi connectivity index (χ4n) is 3.08. The van der Waals surface area contributed by atoms with Crippen molar-refractivity contribution in [1.82, 2.24) is 20.2 Å². The van der Waals surface area contributed by atoms with Crippen LogP contribution in [0.25, 0.3) is 0 Å². The number of thiazole rings is 1. The monoisotopic (exact) mass is 344 g/mol. The summed E-state index contributed by atoms with van der Waals surface area (Å²) in [6.07, 6.45) is 4.80. The number of nitrogens with zero attached hydrogens (tertiary/aromatic N) is 4. The molecule has 1 fully saturated rings. The highest BCUT2D eigenvalue weighted by atomic mass is 32.1. The lowest BCUT2D eigenvalue weighted by atomic mass is 10.1. The number of hydrazine groups is 1.